The first-order valence-electron chi connectivity index (χ1n) is 3.54. The molecule has 0 fully saturated rings. The summed E-state index contributed by atoms with van der Waals surface area (Å²) in [5, 5.41) is 0. The average molecular weight is 135 g/mol. The standard InChI is InChI=1S/C9H13N/c1-7-5-3-4-6-9(7)8(2)10/h5-6H,2-4,10H2,1H3. The minimum Gasteiger partial charge on any atom is -0.399 e. The fourth-order valence-corrected chi connectivity index (χ4v) is 1.18. The van der Waals surface area contributed by atoms with Crippen LogP contribution < -0.4 is 5.73 Å². The summed E-state index contributed by atoms with van der Waals surface area (Å²) in [5.41, 5.74) is 8.64. The summed E-state index contributed by atoms with van der Waals surface area (Å²) in [6.45, 7) is 5.77. The molecule has 0 aromatic rings. The van der Waals surface area contributed by atoms with Crippen LogP contribution in [0.1, 0.15) is 19.8 Å². The second-order valence-corrected chi connectivity index (χ2v) is 2.61. The SMILES string of the molecule is C=C(N)C1=CCCC=C1C. The van der Waals surface area contributed by atoms with Crippen LogP contribution in [0.4, 0.5) is 0 Å². The number of hydrogen-bond donors (Lipinski definition) is 1. The van der Waals surface area contributed by atoms with Gasteiger partial charge in [0.25, 0.3) is 0 Å². The number of hydrogen-bond acceptors (Lipinski definition) is 1. The molecule has 0 bridgehead atoms. The van der Waals surface area contributed by atoms with Crippen molar-refractivity contribution >= 4 is 0 Å². The predicted molar refractivity (Wildman–Crippen MR) is 44.4 cm³/mol. The Morgan fingerprint density at radius 1 is 1.50 bits per heavy atom. The quantitative estimate of drug-likeness (QED) is 0.585. The Bertz CT molecular complexity index is 209. The lowest BCUT2D eigenvalue weighted by Crippen LogP contribution is -2.02. The molecule has 0 aliphatic heterocycles. The molecule has 0 spiro atoms. The van der Waals surface area contributed by atoms with Crippen molar-refractivity contribution in [3.05, 3.63) is 35.6 Å². The molecule has 0 aromatic heterocycles. The highest BCUT2D eigenvalue weighted by atomic mass is 14.6. The third-order valence-electron chi connectivity index (χ3n) is 1.74. The van der Waals surface area contributed by atoms with E-state index in [9.17, 15) is 0 Å². The Labute approximate surface area is 61.9 Å². The molecular weight excluding hydrogens is 122 g/mol. The number of allylic oxidation sites excluding steroid dienone is 3. The van der Waals surface area contributed by atoms with E-state index in [-0.39, 0.29) is 0 Å². The monoisotopic (exact) mass is 135 g/mol. The van der Waals surface area contributed by atoms with E-state index in [4.69, 9.17) is 5.73 Å². The first-order valence-corrected chi connectivity index (χ1v) is 3.54. The fourth-order valence-electron chi connectivity index (χ4n) is 1.18. The minimum atomic E-state index is 0.688. The Kier molecular flexibility index (Phi) is 1.95. The summed E-state index contributed by atoms with van der Waals surface area (Å²) >= 11 is 0. The van der Waals surface area contributed by atoms with Crippen LogP contribution in [0.2, 0.25) is 0 Å². The normalized spacial score (nSPS) is 17.7. The molecule has 1 nitrogen and oxygen atoms in total. The molecule has 0 radical (unpaired) electrons. The fraction of sp³-hybridized carbons (Fsp3) is 0.333. The molecular formula is C9H13N. The smallest absolute Gasteiger partial charge is 0.0313 e. The van der Waals surface area contributed by atoms with Gasteiger partial charge in [-0.25, -0.2) is 0 Å². The molecule has 0 saturated carbocycles. The van der Waals surface area contributed by atoms with Crippen LogP contribution in [0, 0.1) is 0 Å². The lowest BCUT2D eigenvalue weighted by Gasteiger charge is -2.11. The van der Waals surface area contributed by atoms with Crippen LogP contribution in [0.5, 0.6) is 0 Å². The molecule has 10 heavy (non-hydrogen) atoms. The van der Waals surface area contributed by atoms with E-state index in [1.54, 1.807) is 0 Å². The zero-order valence-electron chi connectivity index (χ0n) is 6.35. The zero-order chi connectivity index (χ0) is 7.56. The molecule has 54 valence electrons. The van der Waals surface area contributed by atoms with Gasteiger partial charge in [0.1, 0.15) is 0 Å². The second kappa shape index (κ2) is 2.74. The third kappa shape index (κ3) is 1.29. The summed E-state index contributed by atoms with van der Waals surface area (Å²) in [4.78, 5) is 0. The third-order valence-corrected chi connectivity index (χ3v) is 1.74. The van der Waals surface area contributed by atoms with Gasteiger partial charge in [-0.2, -0.15) is 0 Å². The summed E-state index contributed by atoms with van der Waals surface area (Å²) in [7, 11) is 0. The highest BCUT2D eigenvalue weighted by Crippen LogP contribution is 2.20. The zero-order valence-corrected chi connectivity index (χ0v) is 6.35. The van der Waals surface area contributed by atoms with Crippen molar-refractivity contribution in [3.63, 3.8) is 0 Å². The van der Waals surface area contributed by atoms with Crippen molar-refractivity contribution in [2.45, 2.75) is 19.8 Å². The first kappa shape index (κ1) is 7.13. The van der Waals surface area contributed by atoms with E-state index < -0.39 is 0 Å². The van der Waals surface area contributed by atoms with Crippen LogP contribution in [-0.2, 0) is 0 Å². The lowest BCUT2D eigenvalue weighted by atomic mass is 9.97. The van der Waals surface area contributed by atoms with Crippen LogP contribution in [0.25, 0.3) is 0 Å². The van der Waals surface area contributed by atoms with Crippen molar-refractivity contribution < 1.29 is 0 Å². The average Bonchev–Trinajstić information content (AvgIpc) is 1.88. The van der Waals surface area contributed by atoms with Gasteiger partial charge in [-0.3, -0.25) is 0 Å². The minimum absolute atomic E-state index is 0.688. The molecule has 1 aliphatic rings. The Morgan fingerprint density at radius 3 is 2.50 bits per heavy atom. The Hall–Kier alpha value is -0.980. The molecule has 0 amide bonds. The van der Waals surface area contributed by atoms with Gasteiger partial charge in [-0.1, -0.05) is 18.7 Å². The van der Waals surface area contributed by atoms with E-state index in [2.05, 4.69) is 25.7 Å². The first-order chi connectivity index (χ1) is 4.72. The van der Waals surface area contributed by atoms with Gasteiger partial charge in [0.2, 0.25) is 0 Å². The molecule has 2 N–H and O–H groups in total. The van der Waals surface area contributed by atoms with Gasteiger partial charge in [-0.05, 0) is 30.9 Å². The van der Waals surface area contributed by atoms with E-state index in [1.165, 1.54) is 5.57 Å². The summed E-state index contributed by atoms with van der Waals surface area (Å²) in [6, 6.07) is 0. The number of rotatable bonds is 1. The molecule has 0 heterocycles. The van der Waals surface area contributed by atoms with E-state index in [1.807, 2.05) is 0 Å². The maximum atomic E-state index is 5.55. The van der Waals surface area contributed by atoms with Gasteiger partial charge >= 0.3 is 0 Å². The summed E-state index contributed by atoms with van der Waals surface area (Å²) in [6.07, 6.45) is 6.59. The van der Waals surface area contributed by atoms with Crippen molar-refractivity contribution in [2.75, 3.05) is 0 Å². The highest BCUT2D eigenvalue weighted by Gasteiger charge is 2.03. The van der Waals surface area contributed by atoms with Gasteiger partial charge < -0.3 is 5.73 Å². The van der Waals surface area contributed by atoms with Crippen LogP contribution in [-0.4, -0.2) is 0 Å². The maximum Gasteiger partial charge on any atom is 0.0313 e. The summed E-state index contributed by atoms with van der Waals surface area (Å²) in [5.74, 6) is 0. The molecule has 1 aliphatic carbocycles. The van der Waals surface area contributed by atoms with Crippen LogP contribution in [0.15, 0.2) is 35.6 Å². The molecule has 1 heteroatoms. The van der Waals surface area contributed by atoms with E-state index in [0.717, 1.165) is 18.4 Å². The molecule has 1 rings (SSSR count). The molecule has 0 unspecified atom stereocenters. The Morgan fingerprint density at radius 2 is 2.10 bits per heavy atom. The molecule has 0 atom stereocenters. The van der Waals surface area contributed by atoms with Crippen molar-refractivity contribution in [2.24, 2.45) is 5.73 Å². The lowest BCUT2D eigenvalue weighted by molar-refractivity contribution is 0.990. The van der Waals surface area contributed by atoms with E-state index >= 15 is 0 Å². The van der Waals surface area contributed by atoms with Crippen LogP contribution in [0.3, 0.4) is 0 Å². The van der Waals surface area contributed by atoms with Crippen molar-refractivity contribution in [3.8, 4) is 0 Å². The molecule has 0 aromatic carbocycles. The van der Waals surface area contributed by atoms with Crippen molar-refractivity contribution in [1.82, 2.24) is 0 Å². The Balaban J connectivity index is 2.84. The van der Waals surface area contributed by atoms with Gasteiger partial charge in [0, 0.05) is 5.70 Å². The predicted octanol–water partition coefficient (Wildman–Crippen LogP) is 2.13. The van der Waals surface area contributed by atoms with Gasteiger partial charge in [-0.15, -0.1) is 0 Å². The topological polar surface area (TPSA) is 26.0 Å². The highest BCUT2D eigenvalue weighted by molar-refractivity contribution is 5.44. The van der Waals surface area contributed by atoms with Crippen molar-refractivity contribution in [1.29, 1.82) is 0 Å². The second-order valence-electron chi connectivity index (χ2n) is 2.61. The summed E-state index contributed by atoms with van der Waals surface area (Å²) < 4.78 is 0. The van der Waals surface area contributed by atoms with E-state index in [0.29, 0.717) is 5.70 Å². The number of nitrogens with two attached hydrogens (primary N) is 1. The van der Waals surface area contributed by atoms with Crippen LogP contribution >= 0.6 is 0 Å². The van der Waals surface area contributed by atoms with Gasteiger partial charge in [0.15, 0.2) is 0 Å². The molecule has 0 saturated heterocycles. The largest absolute Gasteiger partial charge is 0.399 e. The van der Waals surface area contributed by atoms with Gasteiger partial charge in [0.05, 0.1) is 0 Å². The maximum absolute atomic E-state index is 5.55.